The summed E-state index contributed by atoms with van der Waals surface area (Å²) in [4.78, 5) is 37.6. The van der Waals surface area contributed by atoms with E-state index in [1.54, 1.807) is 0 Å². The maximum absolute atomic E-state index is 13.1. The topological polar surface area (TPSA) is 187 Å². The van der Waals surface area contributed by atoms with E-state index in [4.69, 9.17) is 51.6 Å². The molecule has 52 heavy (non-hydrogen) atoms. The van der Waals surface area contributed by atoms with Crippen LogP contribution in [0.3, 0.4) is 0 Å². The average Bonchev–Trinajstić information content (AvgIpc) is 3.13. The minimum atomic E-state index is -3.99. The molecule has 0 amide bonds. The Morgan fingerprint density at radius 1 is 0.654 bits per heavy atom. The second-order valence-electron chi connectivity index (χ2n) is 11.9. The molecule has 2 saturated heterocycles. The van der Waals surface area contributed by atoms with Crippen molar-refractivity contribution in [3.05, 3.63) is 71.8 Å². The van der Waals surface area contributed by atoms with Gasteiger partial charge in [0.15, 0.2) is 30.9 Å². The van der Waals surface area contributed by atoms with E-state index in [0.717, 1.165) is 39.2 Å². The van der Waals surface area contributed by atoms with E-state index in [-0.39, 0.29) is 19.6 Å². The number of ether oxygens (including phenoxy) is 10. The number of rotatable bonds is 17. The van der Waals surface area contributed by atoms with Crippen molar-refractivity contribution in [2.75, 3.05) is 34.2 Å². The number of methoxy groups -OCH3 is 3. The molecule has 0 spiro atoms. The normalized spacial score (nSPS) is 29.2. The maximum atomic E-state index is 13.1. The Hall–Kier alpha value is -3.52. The van der Waals surface area contributed by atoms with E-state index in [9.17, 15) is 22.8 Å². The molecule has 2 heterocycles. The van der Waals surface area contributed by atoms with Crippen molar-refractivity contribution in [2.45, 2.75) is 94.9 Å². The van der Waals surface area contributed by atoms with Gasteiger partial charge in [-0.1, -0.05) is 60.7 Å². The highest BCUT2D eigenvalue weighted by Gasteiger charge is 2.57. The van der Waals surface area contributed by atoms with Crippen LogP contribution in [0.4, 0.5) is 0 Å². The standard InChI is InChI=1S/C35H46O16S/c1-21(36)47-29-27(41-3)32(48-22(2)37)35(51-30(29)33(38)42-4)50-26-25(17-18-52(39,40)44-6)49-34(43-5)31(46-20-24-15-11-8-12-16-24)28(26)45-19-23-13-9-7-10-14-23/h7-16,25-32,34-35H,17-20H2,1-6H3/t25-,26-,27+,28+,29+,30-,31-,32-,34+,35-/m1/s1. The van der Waals surface area contributed by atoms with E-state index < -0.39 is 95.2 Å². The molecule has 288 valence electrons. The minimum absolute atomic E-state index is 0.0506. The molecule has 16 nitrogen and oxygen atoms in total. The summed E-state index contributed by atoms with van der Waals surface area (Å²) in [7, 11) is 0.828. The Kier molecular flexibility index (Phi) is 15.5. The summed E-state index contributed by atoms with van der Waals surface area (Å²) < 4.78 is 89.1. The van der Waals surface area contributed by atoms with Gasteiger partial charge in [0.05, 0.1) is 39.3 Å². The molecule has 0 unspecified atom stereocenters. The van der Waals surface area contributed by atoms with Gasteiger partial charge in [-0.2, -0.15) is 8.42 Å². The fraction of sp³-hybridized carbons (Fsp3) is 0.571. The lowest BCUT2D eigenvalue weighted by Gasteiger charge is -2.49. The summed E-state index contributed by atoms with van der Waals surface area (Å²) >= 11 is 0. The molecule has 0 aromatic heterocycles. The van der Waals surface area contributed by atoms with Crippen LogP contribution in [-0.2, 0) is 89.3 Å². The highest BCUT2D eigenvalue weighted by Crippen LogP contribution is 2.36. The van der Waals surface area contributed by atoms with E-state index in [0.29, 0.717) is 0 Å². The van der Waals surface area contributed by atoms with Gasteiger partial charge in [-0.05, 0) is 17.5 Å². The van der Waals surface area contributed by atoms with Crippen LogP contribution in [0.5, 0.6) is 0 Å². The maximum Gasteiger partial charge on any atom is 0.339 e. The zero-order valence-corrected chi connectivity index (χ0v) is 30.6. The fourth-order valence-electron chi connectivity index (χ4n) is 5.99. The average molecular weight is 755 g/mol. The van der Waals surface area contributed by atoms with Gasteiger partial charge in [-0.25, -0.2) is 4.79 Å². The number of carbonyl (C=O) groups is 3. The SMILES string of the molecule is COC(=O)[C@@H]1O[C@@H](O[C@H]2[C@H](OCc3ccccc3)[C@@H](OCc3ccccc3)[C@@H](OC)O[C@@H]2CCS(=O)(=O)OC)[C@H](OC(C)=O)[C@@H](OC)[C@@H]1OC(C)=O. The molecule has 10 atom stereocenters. The molecule has 0 bridgehead atoms. The first-order valence-electron chi connectivity index (χ1n) is 16.4. The van der Waals surface area contributed by atoms with Crippen LogP contribution in [0.2, 0.25) is 0 Å². The Morgan fingerprint density at radius 3 is 1.71 bits per heavy atom. The first kappa shape index (κ1) is 41.2. The molecule has 0 radical (unpaired) electrons. The van der Waals surface area contributed by atoms with Crippen molar-refractivity contribution in [2.24, 2.45) is 0 Å². The molecule has 2 aromatic rings. The zero-order chi connectivity index (χ0) is 37.8. The quantitative estimate of drug-likeness (QED) is 0.130. The molecular weight excluding hydrogens is 708 g/mol. The lowest BCUT2D eigenvalue weighted by molar-refractivity contribution is -0.362. The van der Waals surface area contributed by atoms with Crippen LogP contribution >= 0.6 is 0 Å². The third kappa shape index (κ3) is 11.0. The van der Waals surface area contributed by atoms with Gasteiger partial charge in [0.2, 0.25) is 0 Å². The largest absolute Gasteiger partial charge is 0.467 e. The van der Waals surface area contributed by atoms with Crippen molar-refractivity contribution in [1.82, 2.24) is 0 Å². The van der Waals surface area contributed by atoms with E-state index in [1.807, 2.05) is 60.7 Å². The zero-order valence-electron chi connectivity index (χ0n) is 29.8. The minimum Gasteiger partial charge on any atom is -0.467 e. The highest BCUT2D eigenvalue weighted by atomic mass is 32.2. The fourth-order valence-corrected chi connectivity index (χ4v) is 6.68. The number of benzene rings is 2. The monoisotopic (exact) mass is 754 g/mol. The number of hydrogen-bond donors (Lipinski definition) is 0. The van der Waals surface area contributed by atoms with Crippen molar-refractivity contribution >= 4 is 28.0 Å². The Morgan fingerprint density at radius 2 is 1.21 bits per heavy atom. The number of esters is 3. The van der Waals surface area contributed by atoms with Gasteiger partial charge in [-0.3, -0.25) is 13.8 Å². The second kappa shape index (κ2) is 19.5. The number of carbonyl (C=O) groups excluding carboxylic acids is 3. The van der Waals surface area contributed by atoms with Crippen LogP contribution < -0.4 is 0 Å². The summed E-state index contributed by atoms with van der Waals surface area (Å²) in [6.45, 7) is 2.42. The lowest BCUT2D eigenvalue weighted by Crippen LogP contribution is -2.66. The van der Waals surface area contributed by atoms with E-state index in [2.05, 4.69) is 0 Å². The first-order valence-corrected chi connectivity index (χ1v) is 18.0. The van der Waals surface area contributed by atoms with Gasteiger partial charge in [0, 0.05) is 28.1 Å². The molecule has 0 N–H and O–H groups in total. The Labute approximate surface area is 302 Å². The second-order valence-corrected chi connectivity index (χ2v) is 13.8. The van der Waals surface area contributed by atoms with Crippen molar-refractivity contribution in [1.29, 1.82) is 0 Å². The van der Waals surface area contributed by atoms with Crippen molar-refractivity contribution < 1.29 is 74.4 Å². The molecule has 0 aliphatic carbocycles. The van der Waals surface area contributed by atoms with Gasteiger partial charge in [-0.15, -0.1) is 0 Å². The summed E-state index contributed by atoms with van der Waals surface area (Å²) in [6.07, 6.45) is -13.0. The molecule has 2 aromatic carbocycles. The summed E-state index contributed by atoms with van der Waals surface area (Å²) in [5.74, 6) is -2.98. The summed E-state index contributed by atoms with van der Waals surface area (Å²) in [5, 5.41) is 0. The predicted octanol–water partition coefficient (Wildman–Crippen LogP) is 2.06. The van der Waals surface area contributed by atoms with Gasteiger partial charge < -0.3 is 47.4 Å². The van der Waals surface area contributed by atoms with Crippen LogP contribution in [0, 0.1) is 0 Å². The third-order valence-electron chi connectivity index (χ3n) is 8.40. The molecular formula is C35H46O16S. The van der Waals surface area contributed by atoms with Gasteiger partial charge in [0.1, 0.15) is 24.4 Å². The number of hydrogen-bond acceptors (Lipinski definition) is 16. The predicted molar refractivity (Wildman–Crippen MR) is 179 cm³/mol. The van der Waals surface area contributed by atoms with Crippen molar-refractivity contribution in [3.8, 4) is 0 Å². The van der Waals surface area contributed by atoms with Crippen molar-refractivity contribution in [3.63, 3.8) is 0 Å². The van der Waals surface area contributed by atoms with E-state index in [1.165, 1.54) is 14.2 Å². The molecule has 2 aliphatic rings. The smallest absolute Gasteiger partial charge is 0.339 e. The Balaban J connectivity index is 1.80. The van der Waals surface area contributed by atoms with E-state index >= 15 is 0 Å². The first-order chi connectivity index (χ1) is 24.9. The molecule has 17 heteroatoms. The lowest BCUT2D eigenvalue weighted by atomic mass is 9.94. The molecule has 0 saturated carbocycles. The summed E-state index contributed by atoms with van der Waals surface area (Å²) in [6, 6.07) is 18.6. The molecule has 2 aliphatic heterocycles. The van der Waals surface area contributed by atoms with Crippen LogP contribution in [0.1, 0.15) is 31.4 Å². The third-order valence-corrected chi connectivity index (χ3v) is 9.64. The van der Waals surface area contributed by atoms with Gasteiger partial charge in [0.25, 0.3) is 10.1 Å². The van der Waals surface area contributed by atoms with Crippen LogP contribution in [-0.4, -0.2) is 122 Å². The van der Waals surface area contributed by atoms with Crippen LogP contribution in [0.25, 0.3) is 0 Å². The molecule has 2 fully saturated rings. The van der Waals surface area contributed by atoms with Crippen LogP contribution in [0.15, 0.2) is 60.7 Å². The van der Waals surface area contributed by atoms with Gasteiger partial charge >= 0.3 is 17.9 Å². The summed E-state index contributed by atoms with van der Waals surface area (Å²) in [5.41, 5.74) is 1.62. The molecule has 4 rings (SSSR count). The Bertz CT molecular complexity index is 1540. The highest BCUT2D eigenvalue weighted by molar-refractivity contribution is 7.86.